The number of carbonyl (C=O) groups excluding carboxylic acids is 1. The van der Waals surface area contributed by atoms with Gasteiger partial charge in [-0.1, -0.05) is 25.6 Å². The maximum Gasteiger partial charge on any atom is 0.433 e. The lowest BCUT2D eigenvalue weighted by Crippen LogP contribution is -2.13. The molecule has 0 saturated carbocycles. The summed E-state index contributed by atoms with van der Waals surface area (Å²) >= 11 is 2.49. The van der Waals surface area contributed by atoms with E-state index in [-0.39, 0.29) is 16.5 Å². The van der Waals surface area contributed by atoms with E-state index in [1.165, 1.54) is 17.8 Å². The van der Waals surface area contributed by atoms with E-state index in [2.05, 4.69) is 28.5 Å². The molecule has 2 aromatic heterocycles. The molecule has 0 aliphatic heterocycles. The van der Waals surface area contributed by atoms with Crippen LogP contribution in [0.4, 0.5) is 11.0 Å². The van der Waals surface area contributed by atoms with Crippen molar-refractivity contribution in [1.82, 2.24) is 9.36 Å². The first kappa shape index (κ1) is 18.6. The molecule has 2 aromatic rings. The topological polar surface area (TPSA) is 135 Å². The van der Waals surface area contributed by atoms with Crippen molar-refractivity contribution in [1.29, 1.82) is 5.26 Å². The lowest BCUT2D eigenvalue weighted by molar-refractivity contribution is -0.402. The van der Waals surface area contributed by atoms with Gasteiger partial charge < -0.3 is 4.42 Å². The first-order chi connectivity index (χ1) is 11.9. The van der Waals surface area contributed by atoms with Crippen LogP contribution in [0.15, 0.2) is 27.3 Å². The predicted molar refractivity (Wildman–Crippen MR) is 93.1 cm³/mol. The number of thioether (sulfide) groups is 1. The number of aromatic nitrogens is 2. The highest BCUT2D eigenvalue weighted by Crippen LogP contribution is 2.23. The molecule has 11 heteroatoms. The van der Waals surface area contributed by atoms with E-state index in [9.17, 15) is 14.9 Å². The summed E-state index contributed by atoms with van der Waals surface area (Å²) in [5.74, 6) is 0.198. The minimum atomic E-state index is -0.707. The van der Waals surface area contributed by atoms with Crippen LogP contribution >= 0.6 is 23.3 Å². The van der Waals surface area contributed by atoms with Gasteiger partial charge in [0.15, 0.2) is 0 Å². The zero-order chi connectivity index (χ0) is 18.4. The van der Waals surface area contributed by atoms with E-state index in [1.807, 2.05) is 0 Å². The molecule has 0 aromatic carbocycles. The number of anilines is 1. The maximum absolute atomic E-state index is 12.1. The molecule has 0 aliphatic rings. The molecule has 0 radical (unpaired) electrons. The van der Waals surface area contributed by atoms with Crippen LogP contribution in [-0.4, -0.2) is 25.9 Å². The largest absolute Gasteiger partial charge is 0.433 e. The van der Waals surface area contributed by atoms with E-state index >= 15 is 0 Å². The molecular weight excluding hydrogens is 366 g/mol. The Morgan fingerprint density at radius 2 is 2.36 bits per heavy atom. The Labute approximate surface area is 151 Å². The van der Waals surface area contributed by atoms with Crippen molar-refractivity contribution in [3.05, 3.63) is 33.6 Å². The smallest absolute Gasteiger partial charge is 0.401 e. The van der Waals surface area contributed by atoms with Crippen LogP contribution in [-0.2, 0) is 4.79 Å². The molecule has 0 saturated heterocycles. The second-order valence-corrected chi connectivity index (χ2v) is 6.88. The fraction of sp³-hybridized carbons (Fsp3) is 0.286. The number of hydrogen-bond acceptors (Lipinski definition) is 9. The van der Waals surface area contributed by atoms with Crippen LogP contribution in [0.2, 0.25) is 0 Å². The molecule has 130 valence electrons. The summed E-state index contributed by atoms with van der Waals surface area (Å²) in [6, 6.07) is 4.17. The Morgan fingerprint density at radius 1 is 1.60 bits per heavy atom. The van der Waals surface area contributed by atoms with Crippen molar-refractivity contribution in [3.63, 3.8) is 0 Å². The van der Waals surface area contributed by atoms with Crippen molar-refractivity contribution < 1.29 is 14.1 Å². The molecule has 0 aliphatic carbocycles. The summed E-state index contributed by atoms with van der Waals surface area (Å²) in [6.45, 7) is 4.15. The van der Waals surface area contributed by atoms with E-state index < -0.39 is 16.7 Å². The Kier molecular flexibility index (Phi) is 6.26. The Bertz CT molecular complexity index is 850. The Morgan fingerprint density at radius 3 is 2.96 bits per heavy atom. The van der Waals surface area contributed by atoms with Crippen molar-refractivity contribution in [2.24, 2.45) is 5.92 Å². The summed E-state index contributed by atoms with van der Waals surface area (Å²) in [7, 11) is 0. The molecule has 2 heterocycles. The summed E-state index contributed by atoms with van der Waals surface area (Å²) < 4.78 is 9.02. The molecule has 9 nitrogen and oxygen atoms in total. The standard InChI is InChI=1S/C14H13N5O4S2/c1-8(2)7-24-14-17-13(25-18-14)16-12(20)9(6-15)5-10-3-4-11(23-10)19(21)22/h3-5,8H,7H2,1-2H3,(H,16,17,18,20)/b9-5-. The summed E-state index contributed by atoms with van der Waals surface area (Å²) in [4.78, 5) is 26.1. The maximum atomic E-state index is 12.1. The van der Waals surface area contributed by atoms with Gasteiger partial charge in [0.1, 0.15) is 22.3 Å². The first-order valence-electron chi connectivity index (χ1n) is 7.03. The van der Waals surface area contributed by atoms with Gasteiger partial charge in [0.05, 0.1) is 6.07 Å². The van der Waals surface area contributed by atoms with E-state index in [0.717, 1.165) is 29.4 Å². The van der Waals surface area contributed by atoms with Crippen molar-refractivity contribution in [2.75, 3.05) is 11.1 Å². The van der Waals surface area contributed by atoms with Gasteiger partial charge >= 0.3 is 5.88 Å². The zero-order valence-corrected chi connectivity index (χ0v) is 14.9. The third-order valence-corrected chi connectivity index (χ3v) is 4.64. The molecule has 0 fully saturated rings. The summed E-state index contributed by atoms with van der Waals surface area (Å²) in [6.07, 6.45) is 1.12. The van der Waals surface area contributed by atoms with Crippen LogP contribution < -0.4 is 5.32 Å². The fourth-order valence-electron chi connectivity index (χ4n) is 1.53. The normalized spacial score (nSPS) is 11.4. The lowest BCUT2D eigenvalue weighted by atomic mass is 10.2. The molecule has 2 rings (SSSR count). The van der Waals surface area contributed by atoms with Gasteiger partial charge in [0.2, 0.25) is 10.3 Å². The van der Waals surface area contributed by atoms with Gasteiger partial charge in [-0.2, -0.15) is 14.6 Å². The highest BCUT2D eigenvalue weighted by atomic mass is 32.2. The van der Waals surface area contributed by atoms with Crippen LogP contribution in [0.3, 0.4) is 0 Å². The molecule has 25 heavy (non-hydrogen) atoms. The average Bonchev–Trinajstić information content (AvgIpc) is 3.19. The van der Waals surface area contributed by atoms with Crippen molar-refractivity contribution in [2.45, 2.75) is 19.0 Å². The number of carbonyl (C=O) groups is 1. The summed E-state index contributed by atoms with van der Waals surface area (Å²) in [5.41, 5.74) is -0.268. The van der Waals surface area contributed by atoms with Crippen LogP contribution in [0.5, 0.6) is 0 Å². The van der Waals surface area contributed by atoms with Gasteiger partial charge in [-0.25, -0.2) is 0 Å². The first-order valence-corrected chi connectivity index (χ1v) is 8.79. The van der Waals surface area contributed by atoms with E-state index in [0.29, 0.717) is 11.1 Å². The molecule has 0 bridgehead atoms. The molecule has 1 amide bonds. The predicted octanol–water partition coefficient (Wildman–Crippen LogP) is 3.33. The SMILES string of the molecule is CC(C)CSc1nsc(NC(=O)/C(C#N)=C\c2ccc([N+](=O)[O-])o2)n1. The molecule has 1 N–H and O–H groups in total. The van der Waals surface area contributed by atoms with Gasteiger partial charge in [-0.3, -0.25) is 20.2 Å². The highest BCUT2D eigenvalue weighted by Gasteiger charge is 2.16. The molecular formula is C14H13N5O4S2. The quantitative estimate of drug-likeness (QED) is 0.254. The van der Waals surface area contributed by atoms with Gasteiger partial charge in [-0.15, -0.1) is 0 Å². The van der Waals surface area contributed by atoms with Gasteiger partial charge in [0.25, 0.3) is 5.91 Å². The number of nitrogens with zero attached hydrogens (tertiary/aromatic N) is 4. The number of nitro groups is 1. The van der Waals surface area contributed by atoms with Gasteiger partial charge in [-0.05, 0) is 12.0 Å². The third kappa shape index (κ3) is 5.40. The number of hydrogen-bond donors (Lipinski definition) is 1. The fourth-order valence-corrected chi connectivity index (χ4v) is 3.02. The monoisotopic (exact) mass is 379 g/mol. The second kappa shape index (κ2) is 8.41. The van der Waals surface area contributed by atoms with Gasteiger partial charge in [0, 0.05) is 23.4 Å². The van der Waals surface area contributed by atoms with Crippen LogP contribution in [0, 0.1) is 27.4 Å². The minimum absolute atomic E-state index is 0.0313. The number of nitrogens with one attached hydrogen (secondary N) is 1. The molecule has 0 atom stereocenters. The van der Waals surface area contributed by atoms with Crippen molar-refractivity contribution >= 4 is 46.3 Å². The Balaban J connectivity index is 2.05. The molecule has 0 spiro atoms. The molecule has 0 unspecified atom stereocenters. The lowest BCUT2D eigenvalue weighted by Gasteiger charge is -2.00. The number of amides is 1. The minimum Gasteiger partial charge on any atom is -0.401 e. The van der Waals surface area contributed by atoms with Crippen molar-refractivity contribution in [3.8, 4) is 6.07 Å². The summed E-state index contributed by atoms with van der Waals surface area (Å²) in [5, 5.41) is 23.0. The Hall–Kier alpha value is -2.71. The second-order valence-electron chi connectivity index (χ2n) is 5.14. The van der Waals surface area contributed by atoms with E-state index in [4.69, 9.17) is 9.68 Å². The number of nitriles is 1. The number of rotatable bonds is 7. The number of furan rings is 1. The van der Waals surface area contributed by atoms with Crippen LogP contribution in [0.1, 0.15) is 19.6 Å². The highest BCUT2D eigenvalue weighted by molar-refractivity contribution is 7.99. The average molecular weight is 379 g/mol. The zero-order valence-electron chi connectivity index (χ0n) is 13.3. The third-order valence-electron chi connectivity index (χ3n) is 2.62. The van der Waals surface area contributed by atoms with Crippen LogP contribution in [0.25, 0.3) is 6.08 Å². The van der Waals surface area contributed by atoms with E-state index in [1.54, 1.807) is 6.07 Å².